The molecule has 4 aliphatic carbocycles. The first-order valence-electron chi connectivity index (χ1n) is 13.9. The fourth-order valence-corrected chi connectivity index (χ4v) is 10.2. The lowest BCUT2D eigenvalue weighted by atomic mass is 9.43. The third-order valence-electron chi connectivity index (χ3n) is 12.3. The Balaban J connectivity index is 1.56. The highest BCUT2D eigenvalue weighted by atomic mass is 16.4. The van der Waals surface area contributed by atoms with Gasteiger partial charge in [0.25, 0.3) is 0 Å². The molecule has 0 unspecified atom stereocenters. The van der Waals surface area contributed by atoms with E-state index >= 15 is 0 Å². The van der Waals surface area contributed by atoms with E-state index in [2.05, 4.69) is 34.3 Å². The standard InChI is InChI=1S/C30H50O4/c1-19(2)21-9-10-23-28(7)14-12-22(20(3)8-11-24(31)26(4,5)34)27(28,6)16-17-30(23)18-29(21,30)15-13-25(32)33/h20-24,31,34H,1,8-18H2,2-7H3,(H,32,33)/t20-,21+,22-,23+,24+,27-,28+,29-,30+/m1/s1. The summed E-state index contributed by atoms with van der Waals surface area (Å²) in [6.07, 6.45) is 10.7. The Morgan fingerprint density at radius 1 is 1.09 bits per heavy atom. The maximum absolute atomic E-state index is 11.6. The summed E-state index contributed by atoms with van der Waals surface area (Å²) in [5, 5.41) is 30.1. The van der Waals surface area contributed by atoms with Crippen LogP contribution < -0.4 is 0 Å². The Kier molecular flexibility index (Phi) is 6.42. The molecule has 0 aromatic rings. The van der Waals surface area contributed by atoms with Crippen LogP contribution in [0.1, 0.15) is 112 Å². The van der Waals surface area contributed by atoms with Crippen LogP contribution in [0, 0.1) is 45.3 Å². The van der Waals surface area contributed by atoms with Crippen LogP contribution >= 0.6 is 0 Å². The molecule has 4 rings (SSSR count). The minimum atomic E-state index is -1.04. The van der Waals surface area contributed by atoms with Crippen LogP contribution in [0.3, 0.4) is 0 Å². The summed E-state index contributed by atoms with van der Waals surface area (Å²) in [5.41, 5.74) is 1.28. The zero-order valence-electron chi connectivity index (χ0n) is 22.6. The Morgan fingerprint density at radius 3 is 2.35 bits per heavy atom. The number of carbonyl (C=O) groups is 1. The molecule has 0 bridgehead atoms. The van der Waals surface area contributed by atoms with Crippen molar-refractivity contribution in [2.45, 2.75) is 124 Å². The van der Waals surface area contributed by atoms with E-state index in [9.17, 15) is 20.1 Å². The monoisotopic (exact) mass is 474 g/mol. The van der Waals surface area contributed by atoms with Gasteiger partial charge < -0.3 is 15.3 Å². The molecule has 9 atom stereocenters. The van der Waals surface area contributed by atoms with E-state index in [-0.39, 0.29) is 11.8 Å². The highest BCUT2D eigenvalue weighted by Gasteiger charge is 2.80. The molecule has 0 saturated heterocycles. The summed E-state index contributed by atoms with van der Waals surface area (Å²) in [6, 6.07) is 0. The molecule has 4 aliphatic rings. The van der Waals surface area contributed by atoms with Crippen LogP contribution in [-0.2, 0) is 4.79 Å². The molecule has 0 aromatic carbocycles. The van der Waals surface area contributed by atoms with Gasteiger partial charge in [0, 0.05) is 6.42 Å². The second-order valence-corrected chi connectivity index (χ2v) is 14.1. The van der Waals surface area contributed by atoms with Gasteiger partial charge in [-0.15, -0.1) is 0 Å². The lowest BCUT2D eigenvalue weighted by Crippen LogP contribution is -2.54. The first kappa shape index (κ1) is 26.2. The predicted molar refractivity (Wildman–Crippen MR) is 136 cm³/mol. The molecule has 1 spiro atoms. The summed E-state index contributed by atoms with van der Waals surface area (Å²) < 4.78 is 0. The van der Waals surface area contributed by atoms with Crippen molar-refractivity contribution in [2.24, 2.45) is 45.3 Å². The maximum Gasteiger partial charge on any atom is 0.303 e. The molecule has 4 saturated carbocycles. The van der Waals surface area contributed by atoms with Crippen molar-refractivity contribution >= 4 is 5.97 Å². The Labute approximate surface area is 207 Å². The summed E-state index contributed by atoms with van der Waals surface area (Å²) in [7, 11) is 0. The van der Waals surface area contributed by atoms with Crippen LogP contribution in [-0.4, -0.2) is 33.0 Å². The van der Waals surface area contributed by atoms with Gasteiger partial charge in [0.1, 0.15) is 0 Å². The molecule has 3 N–H and O–H groups in total. The summed E-state index contributed by atoms with van der Waals surface area (Å²) in [6.45, 7) is 17.4. The fourth-order valence-electron chi connectivity index (χ4n) is 10.2. The van der Waals surface area contributed by atoms with E-state index in [4.69, 9.17) is 0 Å². The Bertz CT molecular complexity index is 828. The molecule has 0 aromatic heterocycles. The van der Waals surface area contributed by atoms with Gasteiger partial charge in [0.2, 0.25) is 0 Å². The summed E-state index contributed by atoms with van der Waals surface area (Å²) in [4.78, 5) is 11.6. The van der Waals surface area contributed by atoms with E-state index in [1.165, 1.54) is 50.5 Å². The van der Waals surface area contributed by atoms with Gasteiger partial charge >= 0.3 is 5.97 Å². The number of fused-ring (bicyclic) bond motifs is 2. The quantitative estimate of drug-likeness (QED) is 0.329. The van der Waals surface area contributed by atoms with Gasteiger partial charge in [0.15, 0.2) is 0 Å². The molecule has 4 heteroatoms. The van der Waals surface area contributed by atoms with E-state index < -0.39 is 17.7 Å². The zero-order valence-corrected chi connectivity index (χ0v) is 22.6. The highest BCUT2D eigenvalue weighted by Crippen LogP contribution is 2.87. The first-order valence-corrected chi connectivity index (χ1v) is 13.9. The lowest BCUT2D eigenvalue weighted by Gasteiger charge is -2.61. The van der Waals surface area contributed by atoms with Gasteiger partial charge in [0.05, 0.1) is 11.7 Å². The molecule has 0 radical (unpaired) electrons. The number of rotatable bonds is 9. The minimum Gasteiger partial charge on any atom is -0.481 e. The van der Waals surface area contributed by atoms with Crippen LogP contribution in [0.15, 0.2) is 12.2 Å². The van der Waals surface area contributed by atoms with Gasteiger partial charge in [-0.1, -0.05) is 32.9 Å². The number of carboxylic acids is 1. The van der Waals surface area contributed by atoms with Crippen molar-refractivity contribution in [3.8, 4) is 0 Å². The van der Waals surface area contributed by atoms with E-state index in [1.807, 2.05) is 0 Å². The molecule has 4 nitrogen and oxygen atoms in total. The number of aliphatic carboxylic acids is 1. The SMILES string of the molecule is C=C(C)[C@@H]1CC[C@@H]2[C@]3(CC[C@]4(C)[C@@H]([C@H](C)CC[C@H](O)C(C)(C)O)CC[C@@]24C)C[C@]13CCC(=O)O. The topological polar surface area (TPSA) is 77.8 Å². The fraction of sp³-hybridized carbons (Fsp3) is 0.900. The molecule has 34 heavy (non-hydrogen) atoms. The molecule has 0 amide bonds. The van der Waals surface area contributed by atoms with Crippen molar-refractivity contribution in [2.75, 3.05) is 0 Å². The molecular formula is C30H50O4. The third-order valence-corrected chi connectivity index (χ3v) is 12.3. The van der Waals surface area contributed by atoms with Crippen LogP contribution in [0.2, 0.25) is 0 Å². The van der Waals surface area contributed by atoms with Gasteiger partial charge in [-0.25, -0.2) is 0 Å². The van der Waals surface area contributed by atoms with E-state index in [1.54, 1.807) is 13.8 Å². The second-order valence-electron chi connectivity index (χ2n) is 14.1. The number of aliphatic hydroxyl groups excluding tert-OH is 1. The number of carboxylic acid groups (broad SMARTS) is 1. The van der Waals surface area contributed by atoms with E-state index in [0.29, 0.717) is 46.3 Å². The average Bonchev–Trinajstić information content (AvgIpc) is 3.33. The van der Waals surface area contributed by atoms with Crippen LogP contribution in [0.5, 0.6) is 0 Å². The third kappa shape index (κ3) is 3.64. The number of hydrogen-bond donors (Lipinski definition) is 3. The molecule has 194 valence electrons. The van der Waals surface area contributed by atoms with Crippen LogP contribution in [0.25, 0.3) is 0 Å². The normalized spacial score (nSPS) is 45.0. The van der Waals surface area contributed by atoms with Crippen LogP contribution in [0.4, 0.5) is 0 Å². The smallest absolute Gasteiger partial charge is 0.303 e. The first-order chi connectivity index (χ1) is 15.6. The van der Waals surface area contributed by atoms with Crippen molar-refractivity contribution < 1.29 is 20.1 Å². The number of allylic oxidation sites excluding steroid dienone is 1. The number of aliphatic hydroxyl groups is 2. The second kappa shape index (κ2) is 8.33. The van der Waals surface area contributed by atoms with Gasteiger partial charge in [-0.3, -0.25) is 4.79 Å². The van der Waals surface area contributed by atoms with Crippen molar-refractivity contribution in [1.82, 2.24) is 0 Å². The summed E-state index contributed by atoms with van der Waals surface area (Å²) in [5.74, 6) is 1.68. The highest BCUT2D eigenvalue weighted by molar-refractivity contribution is 5.67. The minimum absolute atomic E-state index is 0.158. The summed E-state index contributed by atoms with van der Waals surface area (Å²) >= 11 is 0. The molecule has 0 aliphatic heterocycles. The van der Waals surface area contributed by atoms with Crippen molar-refractivity contribution in [3.05, 3.63) is 12.2 Å². The zero-order chi connectivity index (χ0) is 25.3. The maximum atomic E-state index is 11.6. The predicted octanol–water partition coefficient (Wildman–Crippen LogP) is 6.59. The van der Waals surface area contributed by atoms with Gasteiger partial charge in [-0.2, -0.15) is 0 Å². The van der Waals surface area contributed by atoms with E-state index in [0.717, 1.165) is 12.8 Å². The van der Waals surface area contributed by atoms with Gasteiger partial charge in [-0.05, 0) is 130 Å². The average molecular weight is 475 g/mol. The molecular weight excluding hydrogens is 424 g/mol. The largest absolute Gasteiger partial charge is 0.481 e. The Hall–Kier alpha value is -0.870. The molecule has 0 heterocycles. The molecule has 4 fully saturated rings. The Morgan fingerprint density at radius 2 is 1.76 bits per heavy atom. The number of hydrogen-bond acceptors (Lipinski definition) is 3. The van der Waals surface area contributed by atoms with Crippen molar-refractivity contribution in [1.29, 1.82) is 0 Å². The lowest BCUT2D eigenvalue weighted by molar-refractivity contribution is -0.139. The van der Waals surface area contributed by atoms with Crippen molar-refractivity contribution in [3.63, 3.8) is 0 Å².